The third-order valence-electron chi connectivity index (χ3n) is 2.96. The zero-order valence-electron chi connectivity index (χ0n) is 10.9. The number of carbonyl (C=O) groups excluding carboxylic acids is 1. The molecule has 1 atom stereocenters. The molecule has 0 saturated carbocycles. The van der Waals surface area contributed by atoms with Gasteiger partial charge in [0.15, 0.2) is 0 Å². The summed E-state index contributed by atoms with van der Waals surface area (Å²) in [5.41, 5.74) is 2.55. The van der Waals surface area contributed by atoms with Gasteiger partial charge in [-0.15, -0.1) is 11.3 Å². The van der Waals surface area contributed by atoms with Crippen LogP contribution in [0.15, 0.2) is 40.2 Å². The Morgan fingerprint density at radius 1 is 1.32 bits per heavy atom. The summed E-state index contributed by atoms with van der Waals surface area (Å²) in [6.45, 7) is 4.13. The molecule has 0 spiro atoms. The Balaban J connectivity index is 1.96. The Hall–Kier alpha value is -1.13. The van der Waals surface area contributed by atoms with Crippen molar-refractivity contribution in [3.05, 3.63) is 56.2 Å². The van der Waals surface area contributed by atoms with Crippen LogP contribution in [-0.2, 0) is 6.42 Å². The monoisotopic (exact) mass is 337 g/mol. The molecular formula is C15H16BrNOS. The average Bonchev–Trinajstić information content (AvgIpc) is 2.79. The van der Waals surface area contributed by atoms with E-state index >= 15 is 0 Å². The molecule has 2 aromatic rings. The zero-order valence-corrected chi connectivity index (χ0v) is 13.3. The van der Waals surface area contributed by atoms with Crippen molar-refractivity contribution in [2.75, 3.05) is 0 Å². The van der Waals surface area contributed by atoms with Gasteiger partial charge >= 0.3 is 0 Å². The van der Waals surface area contributed by atoms with Crippen molar-refractivity contribution in [3.8, 4) is 0 Å². The molecule has 4 heteroatoms. The van der Waals surface area contributed by atoms with E-state index in [0.717, 1.165) is 15.1 Å². The standard InChI is InChI=1S/C15H16BrNOS/c1-10-5-3-4-6-12(10)9-11(2)17-15(18)13-7-8-14(16)19-13/h3-8,11H,9H2,1-2H3,(H,17,18). The summed E-state index contributed by atoms with van der Waals surface area (Å²) in [5, 5.41) is 3.04. The first-order chi connectivity index (χ1) is 9.06. The Morgan fingerprint density at radius 3 is 2.68 bits per heavy atom. The topological polar surface area (TPSA) is 29.1 Å². The lowest BCUT2D eigenvalue weighted by molar-refractivity contribution is 0.0944. The van der Waals surface area contributed by atoms with Crippen LogP contribution in [0.3, 0.4) is 0 Å². The van der Waals surface area contributed by atoms with Gasteiger partial charge in [0.1, 0.15) is 0 Å². The molecule has 19 heavy (non-hydrogen) atoms. The van der Waals surface area contributed by atoms with Gasteiger partial charge in [-0.05, 0) is 59.5 Å². The third-order valence-corrected chi connectivity index (χ3v) is 4.58. The van der Waals surface area contributed by atoms with Crippen molar-refractivity contribution in [1.82, 2.24) is 5.32 Å². The summed E-state index contributed by atoms with van der Waals surface area (Å²) in [6, 6.07) is 12.1. The van der Waals surface area contributed by atoms with Gasteiger partial charge in [-0.1, -0.05) is 24.3 Å². The highest BCUT2D eigenvalue weighted by Gasteiger charge is 2.12. The van der Waals surface area contributed by atoms with Crippen molar-refractivity contribution < 1.29 is 4.79 Å². The predicted octanol–water partition coefficient (Wildman–Crippen LogP) is 4.18. The highest BCUT2D eigenvalue weighted by atomic mass is 79.9. The maximum atomic E-state index is 12.0. The smallest absolute Gasteiger partial charge is 0.261 e. The highest BCUT2D eigenvalue weighted by Crippen LogP contribution is 2.22. The van der Waals surface area contributed by atoms with E-state index in [1.807, 2.05) is 31.2 Å². The quantitative estimate of drug-likeness (QED) is 0.890. The summed E-state index contributed by atoms with van der Waals surface area (Å²) >= 11 is 4.82. The van der Waals surface area contributed by atoms with Gasteiger partial charge in [-0.3, -0.25) is 4.79 Å². The van der Waals surface area contributed by atoms with Gasteiger partial charge < -0.3 is 5.32 Å². The van der Waals surface area contributed by atoms with Crippen molar-refractivity contribution in [3.63, 3.8) is 0 Å². The minimum absolute atomic E-state index is 0.00298. The van der Waals surface area contributed by atoms with Gasteiger partial charge in [0.25, 0.3) is 5.91 Å². The van der Waals surface area contributed by atoms with Gasteiger partial charge in [-0.2, -0.15) is 0 Å². The summed E-state index contributed by atoms with van der Waals surface area (Å²) < 4.78 is 0.976. The molecule has 0 bridgehead atoms. The minimum atomic E-state index is -0.00298. The number of carbonyl (C=O) groups is 1. The van der Waals surface area contributed by atoms with Crippen LogP contribution in [0.2, 0.25) is 0 Å². The lowest BCUT2D eigenvalue weighted by Gasteiger charge is -2.14. The van der Waals surface area contributed by atoms with E-state index in [4.69, 9.17) is 0 Å². The number of thiophene rings is 1. The van der Waals surface area contributed by atoms with E-state index in [9.17, 15) is 4.79 Å². The molecule has 0 aliphatic heterocycles. The molecule has 0 fully saturated rings. The Bertz CT molecular complexity index is 579. The zero-order chi connectivity index (χ0) is 13.8. The van der Waals surface area contributed by atoms with Crippen LogP contribution in [0.5, 0.6) is 0 Å². The molecule has 0 aliphatic carbocycles. The number of nitrogens with one attached hydrogen (secondary N) is 1. The van der Waals surface area contributed by atoms with E-state index in [1.54, 1.807) is 0 Å². The fourth-order valence-electron chi connectivity index (χ4n) is 1.95. The number of hydrogen-bond donors (Lipinski definition) is 1. The number of aryl methyl sites for hydroxylation is 1. The largest absolute Gasteiger partial charge is 0.349 e. The maximum absolute atomic E-state index is 12.0. The molecule has 0 aliphatic rings. The second kappa shape index (κ2) is 6.35. The first-order valence-corrected chi connectivity index (χ1v) is 7.78. The molecule has 1 amide bonds. The molecule has 2 nitrogen and oxygen atoms in total. The molecule has 2 rings (SSSR count). The molecule has 0 radical (unpaired) electrons. The fourth-order valence-corrected chi connectivity index (χ4v) is 3.24. The fraction of sp³-hybridized carbons (Fsp3) is 0.267. The first-order valence-electron chi connectivity index (χ1n) is 6.17. The lowest BCUT2D eigenvalue weighted by atomic mass is 10.0. The van der Waals surface area contributed by atoms with Crippen molar-refractivity contribution in [2.45, 2.75) is 26.3 Å². The van der Waals surface area contributed by atoms with E-state index in [1.165, 1.54) is 22.5 Å². The molecule has 0 saturated heterocycles. The van der Waals surface area contributed by atoms with Crippen molar-refractivity contribution in [2.24, 2.45) is 0 Å². The SMILES string of the molecule is Cc1ccccc1CC(C)NC(=O)c1ccc(Br)s1. The summed E-state index contributed by atoms with van der Waals surface area (Å²) in [7, 11) is 0. The van der Waals surface area contributed by atoms with Crippen LogP contribution < -0.4 is 5.32 Å². The first kappa shape index (κ1) is 14.3. The Kier molecular flexibility index (Phi) is 4.77. The van der Waals surface area contributed by atoms with E-state index in [0.29, 0.717) is 0 Å². The van der Waals surface area contributed by atoms with Crippen LogP contribution in [-0.4, -0.2) is 11.9 Å². The van der Waals surface area contributed by atoms with Gasteiger partial charge in [0.05, 0.1) is 8.66 Å². The second-order valence-corrected chi connectivity index (χ2v) is 7.07. The molecule has 1 unspecified atom stereocenters. The molecule has 1 heterocycles. The van der Waals surface area contributed by atoms with Crippen LogP contribution in [0.4, 0.5) is 0 Å². The molecule has 1 aromatic heterocycles. The third kappa shape index (κ3) is 3.91. The molecular weight excluding hydrogens is 322 g/mol. The van der Waals surface area contributed by atoms with Crippen LogP contribution in [0.1, 0.15) is 27.7 Å². The van der Waals surface area contributed by atoms with Crippen molar-refractivity contribution >= 4 is 33.2 Å². The van der Waals surface area contributed by atoms with Gasteiger partial charge in [0.2, 0.25) is 0 Å². The van der Waals surface area contributed by atoms with Gasteiger partial charge in [-0.25, -0.2) is 0 Å². The number of benzene rings is 1. The summed E-state index contributed by atoms with van der Waals surface area (Å²) in [6.07, 6.45) is 0.852. The van der Waals surface area contributed by atoms with Crippen molar-refractivity contribution in [1.29, 1.82) is 0 Å². The van der Waals surface area contributed by atoms with E-state index in [2.05, 4.69) is 40.3 Å². The number of halogens is 1. The highest BCUT2D eigenvalue weighted by molar-refractivity contribution is 9.11. The Labute approximate surface area is 126 Å². The normalized spacial score (nSPS) is 12.2. The van der Waals surface area contributed by atoms with Gasteiger partial charge in [0, 0.05) is 6.04 Å². The average molecular weight is 338 g/mol. The molecule has 1 N–H and O–H groups in total. The minimum Gasteiger partial charge on any atom is -0.349 e. The lowest BCUT2D eigenvalue weighted by Crippen LogP contribution is -2.33. The second-order valence-electron chi connectivity index (χ2n) is 4.61. The number of hydrogen-bond acceptors (Lipinski definition) is 2. The maximum Gasteiger partial charge on any atom is 0.261 e. The van der Waals surface area contributed by atoms with Crippen LogP contribution in [0.25, 0.3) is 0 Å². The van der Waals surface area contributed by atoms with Crippen LogP contribution >= 0.6 is 27.3 Å². The van der Waals surface area contributed by atoms with E-state index in [-0.39, 0.29) is 11.9 Å². The van der Waals surface area contributed by atoms with Crippen LogP contribution in [0, 0.1) is 6.92 Å². The molecule has 1 aromatic carbocycles. The molecule has 100 valence electrons. The number of rotatable bonds is 4. The Morgan fingerprint density at radius 2 is 2.05 bits per heavy atom. The van der Waals surface area contributed by atoms with E-state index < -0.39 is 0 Å². The number of amides is 1. The summed E-state index contributed by atoms with van der Waals surface area (Å²) in [5.74, 6) is -0.00298. The predicted molar refractivity (Wildman–Crippen MR) is 83.8 cm³/mol. The summed E-state index contributed by atoms with van der Waals surface area (Å²) in [4.78, 5) is 12.8.